The highest BCUT2D eigenvalue weighted by Crippen LogP contribution is 2.40. The normalized spacial score (nSPS) is 19.5. The van der Waals surface area contributed by atoms with Crippen LogP contribution in [0.2, 0.25) is 0 Å². The third-order valence-corrected chi connectivity index (χ3v) is 4.38. The molecule has 1 N–H and O–H groups in total. The molecule has 0 radical (unpaired) electrons. The van der Waals surface area contributed by atoms with Gasteiger partial charge in [0.2, 0.25) is 0 Å². The minimum absolute atomic E-state index is 0.138. The average molecular weight is 328 g/mol. The van der Waals surface area contributed by atoms with Crippen molar-refractivity contribution in [2.24, 2.45) is 0 Å². The van der Waals surface area contributed by atoms with Crippen molar-refractivity contribution in [3.05, 3.63) is 29.5 Å². The van der Waals surface area contributed by atoms with Crippen LogP contribution in [0.5, 0.6) is 5.75 Å². The Morgan fingerprint density at radius 1 is 1.50 bits per heavy atom. The quantitative estimate of drug-likeness (QED) is 0.853. The molecular formula is C18H20N2O4. The van der Waals surface area contributed by atoms with Gasteiger partial charge >= 0.3 is 5.97 Å². The summed E-state index contributed by atoms with van der Waals surface area (Å²) in [6, 6.07) is 8.03. The Morgan fingerprint density at radius 2 is 2.33 bits per heavy atom. The maximum atomic E-state index is 11.7. The van der Waals surface area contributed by atoms with Crippen molar-refractivity contribution < 1.29 is 19.0 Å². The summed E-state index contributed by atoms with van der Waals surface area (Å²) < 4.78 is 16.1. The largest absolute Gasteiger partial charge is 0.497 e. The molecule has 24 heavy (non-hydrogen) atoms. The Labute approximate surface area is 140 Å². The number of ether oxygens (including phenoxy) is 3. The second kappa shape index (κ2) is 6.54. The average Bonchev–Trinajstić information content (AvgIpc) is 2.99. The molecule has 0 bridgehead atoms. The number of carbonyl (C=O) groups excluding carboxylic acids is 1. The molecule has 3 rings (SSSR count). The van der Waals surface area contributed by atoms with Gasteiger partial charge in [-0.05, 0) is 37.1 Å². The van der Waals surface area contributed by atoms with Gasteiger partial charge in [0, 0.05) is 23.7 Å². The van der Waals surface area contributed by atoms with E-state index in [0.717, 1.165) is 27.9 Å². The Morgan fingerprint density at radius 3 is 3.04 bits per heavy atom. The topological polar surface area (TPSA) is 84.3 Å². The summed E-state index contributed by atoms with van der Waals surface area (Å²) in [5.41, 5.74) is 1.58. The zero-order valence-corrected chi connectivity index (χ0v) is 13.8. The lowest BCUT2D eigenvalue weighted by Crippen LogP contribution is -2.35. The lowest BCUT2D eigenvalue weighted by Gasteiger charge is -2.31. The van der Waals surface area contributed by atoms with E-state index in [1.54, 1.807) is 14.0 Å². The first kappa shape index (κ1) is 16.3. The zero-order chi connectivity index (χ0) is 17.2. The van der Waals surface area contributed by atoms with Gasteiger partial charge in [0.25, 0.3) is 0 Å². The number of nitriles is 1. The maximum Gasteiger partial charge on any atom is 0.305 e. The zero-order valence-electron chi connectivity index (χ0n) is 13.8. The minimum atomic E-state index is -1.15. The molecule has 6 nitrogen and oxygen atoms in total. The molecular weight excluding hydrogens is 308 g/mol. The first-order valence-corrected chi connectivity index (χ1v) is 8.03. The first-order chi connectivity index (χ1) is 11.6. The van der Waals surface area contributed by atoms with Crippen LogP contribution < -0.4 is 4.74 Å². The summed E-state index contributed by atoms with van der Waals surface area (Å²) in [5, 5.41) is 10.8. The number of hydrogen-bond donors (Lipinski definition) is 1. The van der Waals surface area contributed by atoms with Crippen LogP contribution in [0, 0.1) is 11.3 Å². The van der Waals surface area contributed by atoms with Gasteiger partial charge in [-0.2, -0.15) is 5.26 Å². The van der Waals surface area contributed by atoms with Gasteiger partial charge in [0.15, 0.2) is 5.60 Å². The fourth-order valence-corrected chi connectivity index (χ4v) is 3.21. The third-order valence-electron chi connectivity index (χ3n) is 4.38. The number of H-pyrrole nitrogens is 1. The molecule has 0 saturated heterocycles. The molecule has 0 saturated carbocycles. The van der Waals surface area contributed by atoms with Crippen LogP contribution in [-0.2, 0) is 26.3 Å². The highest BCUT2D eigenvalue weighted by atomic mass is 16.5. The number of rotatable bonds is 5. The molecule has 1 aromatic heterocycles. The van der Waals surface area contributed by atoms with Gasteiger partial charge in [0.1, 0.15) is 11.8 Å². The van der Waals surface area contributed by atoms with Crippen LogP contribution in [-0.4, -0.2) is 31.3 Å². The smallest absolute Gasteiger partial charge is 0.305 e. The van der Waals surface area contributed by atoms with Gasteiger partial charge in [0.05, 0.1) is 26.0 Å². The van der Waals surface area contributed by atoms with Crippen molar-refractivity contribution in [3.8, 4) is 11.8 Å². The Hall–Kier alpha value is -2.52. The van der Waals surface area contributed by atoms with Crippen LogP contribution in [0.4, 0.5) is 0 Å². The molecule has 0 spiro atoms. The fourth-order valence-electron chi connectivity index (χ4n) is 3.21. The highest BCUT2D eigenvalue weighted by molar-refractivity contribution is 5.87. The molecule has 1 aromatic carbocycles. The lowest BCUT2D eigenvalue weighted by molar-refractivity contribution is -0.144. The van der Waals surface area contributed by atoms with Crippen molar-refractivity contribution in [3.63, 3.8) is 0 Å². The van der Waals surface area contributed by atoms with E-state index in [1.807, 2.05) is 18.2 Å². The Kier molecular flexibility index (Phi) is 4.45. The maximum absolute atomic E-state index is 11.7. The van der Waals surface area contributed by atoms with Crippen molar-refractivity contribution in [2.45, 2.75) is 31.8 Å². The Bertz CT molecular complexity index is 805. The number of nitrogens with one attached hydrogen (secondary N) is 1. The number of fused-ring (bicyclic) bond motifs is 3. The molecule has 1 aliphatic heterocycles. The van der Waals surface area contributed by atoms with E-state index in [0.29, 0.717) is 19.6 Å². The number of benzene rings is 1. The standard InChI is InChI=1S/C18H20N2O4/c1-3-23-16(21)6-8-18(11-19)17-13(7-9-24-18)14-10-12(22-2)4-5-15(14)20-17/h4-5,10,20H,3,6-9H2,1-2H3. The third kappa shape index (κ3) is 2.72. The highest BCUT2D eigenvalue weighted by Gasteiger charge is 2.41. The number of hydrogen-bond acceptors (Lipinski definition) is 5. The molecule has 1 unspecified atom stereocenters. The SMILES string of the molecule is CCOC(=O)CCC1(C#N)OCCc2c1[nH]c1ccc(OC)cc21. The molecule has 1 aliphatic rings. The monoisotopic (exact) mass is 328 g/mol. The lowest BCUT2D eigenvalue weighted by atomic mass is 9.88. The number of aromatic amines is 1. The first-order valence-electron chi connectivity index (χ1n) is 8.03. The van der Waals surface area contributed by atoms with Gasteiger partial charge < -0.3 is 19.2 Å². The van der Waals surface area contributed by atoms with Crippen molar-refractivity contribution in [1.82, 2.24) is 4.98 Å². The minimum Gasteiger partial charge on any atom is -0.497 e. The fraction of sp³-hybridized carbons (Fsp3) is 0.444. The van der Waals surface area contributed by atoms with E-state index in [2.05, 4.69) is 11.1 Å². The van der Waals surface area contributed by atoms with Gasteiger partial charge in [-0.1, -0.05) is 0 Å². The van der Waals surface area contributed by atoms with Gasteiger partial charge in [-0.3, -0.25) is 4.79 Å². The van der Waals surface area contributed by atoms with Gasteiger partial charge in [-0.25, -0.2) is 0 Å². The second-order valence-electron chi connectivity index (χ2n) is 5.73. The van der Waals surface area contributed by atoms with E-state index in [9.17, 15) is 10.1 Å². The number of carbonyl (C=O) groups is 1. The molecule has 1 atom stereocenters. The molecule has 2 heterocycles. The molecule has 0 aliphatic carbocycles. The van der Waals surface area contributed by atoms with Crippen LogP contribution in [0.15, 0.2) is 18.2 Å². The van der Waals surface area contributed by atoms with Crippen LogP contribution in [0.25, 0.3) is 10.9 Å². The van der Waals surface area contributed by atoms with E-state index in [4.69, 9.17) is 14.2 Å². The van der Waals surface area contributed by atoms with Crippen molar-refractivity contribution in [1.29, 1.82) is 5.26 Å². The predicted octanol–water partition coefficient (Wildman–Crippen LogP) is 2.81. The Balaban J connectivity index is 2.00. The van der Waals surface area contributed by atoms with E-state index < -0.39 is 5.60 Å². The molecule has 6 heteroatoms. The molecule has 2 aromatic rings. The number of nitrogens with zero attached hydrogens (tertiary/aromatic N) is 1. The summed E-state index contributed by atoms with van der Waals surface area (Å²) in [7, 11) is 1.63. The van der Waals surface area contributed by atoms with Crippen LogP contribution in [0.3, 0.4) is 0 Å². The summed E-state index contributed by atoms with van der Waals surface area (Å²) in [4.78, 5) is 15.0. The van der Waals surface area contributed by atoms with Crippen LogP contribution in [0.1, 0.15) is 31.0 Å². The van der Waals surface area contributed by atoms with Crippen molar-refractivity contribution >= 4 is 16.9 Å². The summed E-state index contributed by atoms with van der Waals surface area (Å²) in [6.45, 7) is 2.53. The summed E-state index contributed by atoms with van der Waals surface area (Å²) in [6.07, 6.45) is 1.12. The molecule has 0 amide bonds. The summed E-state index contributed by atoms with van der Waals surface area (Å²) >= 11 is 0. The number of esters is 1. The van der Waals surface area contributed by atoms with Gasteiger partial charge in [-0.15, -0.1) is 0 Å². The second-order valence-corrected chi connectivity index (χ2v) is 5.73. The van der Waals surface area contributed by atoms with E-state index >= 15 is 0 Å². The van der Waals surface area contributed by atoms with Crippen LogP contribution >= 0.6 is 0 Å². The van der Waals surface area contributed by atoms with E-state index in [1.165, 1.54) is 0 Å². The summed E-state index contributed by atoms with van der Waals surface area (Å²) in [5.74, 6) is 0.450. The van der Waals surface area contributed by atoms with Crippen molar-refractivity contribution in [2.75, 3.05) is 20.3 Å². The predicted molar refractivity (Wildman–Crippen MR) is 87.7 cm³/mol. The number of methoxy groups -OCH3 is 1. The van der Waals surface area contributed by atoms with E-state index in [-0.39, 0.29) is 18.8 Å². The molecule has 126 valence electrons. The number of aromatic nitrogens is 1. The molecule has 0 fully saturated rings.